The molecule has 4 saturated carbocycles. The lowest BCUT2D eigenvalue weighted by Gasteiger charge is -2.59. The van der Waals surface area contributed by atoms with E-state index in [2.05, 4.69) is 33.8 Å². The highest BCUT2D eigenvalue weighted by Gasteiger charge is 2.63. The molecule has 0 aromatic rings. The molecule has 0 aromatic heterocycles. The Kier molecular flexibility index (Phi) is 3.47. The van der Waals surface area contributed by atoms with Crippen LogP contribution in [0, 0.1) is 46.3 Å². The Balaban J connectivity index is 1.48. The Hall–Kier alpha value is -0.300. The highest BCUT2D eigenvalue weighted by atomic mass is 16.3. The van der Waals surface area contributed by atoms with Crippen molar-refractivity contribution in [2.75, 3.05) is 0 Å². The van der Waals surface area contributed by atoms with Crippen LogP contribution in [-0.2, 0) is 0 Å². The molecule has 1 N–H and O–H groups in total. The van der Waals surface area contributed by atoms with Crippen molar-refractivity contribution in [2.24, 2.45) is 46.3 Å². The molecule has 1 nitrogen and oxygen atoms in total. The van der Waals surface area contributed by atoms with Gasteiger partial charge in [0.15, 0.2) is 0 Å². The third kappa shape index (κ3) is 2.17. The van der Waals surface area contributed by atoms with E-state index in [1.807, 2.05) is 0 Å². The molecule has 0 bridgehead atoms. The van der Waals surface area contributed by atoms with Gasteiger partial charge >= 0.3 is 0 Å². The van der Waals surface area contributed by atoms with Gasteiger partial charge in [-0.15, -0.1) is 0 Å². The number of allylic oxidation sites excluding steroid dienone is 1. The SMILES string of the molecule is C[C@@H]1CC[C@H]2C[C@H]3[C@@H]4CC=C5C[C@@](C)(O)CC[C@]5(C)[C@H]4CC[C@]3(C)[C@H]21. The van der Waals surface area contributed by atoms with Crippen LogP contribution in [0.2, 0.25) is 0 Å². The summed E-state index contributed by atoms with van der Waals surface area (Å²) in [6, 6.07) is 0. The molecule has 0 spiro atoms. The summed E-state index contributed by atoms with van der Waals surface area (Å²) in [6.45, 7) is 9.85. The number of aliphatic hydroxyl groups is 1. The maximum absolute atomic E-state index is 10.6. The Morgan fingerprint density at radius 3 is 2.60 bits per heavy atom. The number of fused-ring (bicyclic) bond motifs is 7. The lowest BCUT2D eigenvalue weighted by molar-refractivity contribution is -0.0695. The summed E-state index contributed by atoms with van der Waals surface area (Å²) in [7, 11) is 0. The fourth-order valence-electron chi connectivity index (χ4n) is 9.09. The van der Waals surface area contributed by atoms with Gasteiger partial charge in [0.1, 0.15) is 0 Å². The largest absolute Gasteiger partial charge is 0.390 e. The second kappa shape index (κ2) is 5.15. The minimum Gasteiger partial charge on any atom is -0.390 e. The van der Waals surface area contributed by atoms with Gasteiger partial charge in [0.2, 0.25) is 0 Å². The third-order valence-electron chi connectivity index (χ3n) is 10.2. The van der Waals surface area contributed by atoms with Gasteiger partial charge in [-0.1, -0.05) is 38.8 Å². The van der Waals surface area contributed by atoms with Crippen LogP contribution in [0.1, 0.15) is 85.5 Å². The molecule has 0 saturated heterocycles. The molecule has 5 rings (SSSR count). The summed E-state index contributed by atoms with van der Waals surface area (Å²) in [4.78, 5) is 0. The summed E-state index contributed by atoms with van der Waals surface area (Å²) < 4.78 is 0. The first-order valence-electron chi connectivity index (χ1n) is 11.2. The summed E-state index contributed by atoms with van der Waals surface area (Å²) in [5.41, 5.74) is 2.17. The predicted molar refractivity (Wildman–Crippen MR) is 103 cm³/mol. The molecular weight excluding hydrogens is 304 g/mol. The molecule has 4 fully saturated rings. The van der Waals surface area contributed by atoms with Crippen LogP contribution in [0.3, 0.4) is 0 Å². The van der Waals surface area contributed by atoms with Crippen molar-refractivity contribution >= 4 is 0 Å². The molecule has 0 heterocycles. The van der Waals surface area contributed by atoms with Crippen LogP contribution in [0.15, 0.2) is 11.6 Å². The number of hydrogen-bond acceptors (Lipinski definition) is 1. The quantitative estimate of drug-likeness (QED) is 0.537. The summed E-state index contributed by atoms with van der Waals surface area (Å²) in [5, 5.41) is 10.6. The normalized spacial score (nSPS) is 60.3. The minimum absolute atomic E-state index is 0.385. The van der Waals surface area contributed by atoms with E-state index in [9.17, 15) is 5.11 Å². The van der Waals surface area contributed by atoms with Crippen molar-refractivity contribution < 1.29 is 5.11 Å². The molecule has 0 amide bonds. The maximum Gasteiger partial charge on any atom is 0.0657 e. The topological polar surface area (TPSA) is 20.2 Å². The second-order valence-electron chi connectivity index (χ2n) is 11.6. The predicted octanol–water partition coefficient (Wildman–Crippen LogP) is 5.97. The van der Waals surface area contributed by atoms with E-state index in [-0.39, 0.29) is 0 Å². The van der Waals surface area contributed by atoms with Crippen LogP contribution in [0.5, 0.6) is 0 Å². The summed E-state index contributed by atoms with van der Waals surface area (Å²) in [5.74, 6) is 5.80. The third-order valence-corrected chi connectivity index (χ3v) is 10.2. The number of rotatable bonds is 0. The van der Waals surface area contributed by atoms with Gasteiger partial charge in [-0.05, 0) is 105 Å². The molecule has 140 valence electrons. The van der Waals surface area contributed by atoms with Crippen LogP contribution in [-0.4, -0.2) is 10.7 Å². The smallest absolute Gasteiger partial charge is 0.0657 e. The van der Waals surface area contributed by atoms with Gasteiger partial charge < -0.3 is 5.11 Å². The Labute approximate surface area is 154 Å². The first-order chi connectivity index (χ1) is 11.7. The van der Waals surface area contributed by atoms with Gasteiger partial charge in [-0.25, -0.2) is 0 Å². The van der Waals surface area contributed by atoms with E-state index in [1.165, 1.54) is 44.9 Å². The van der Waals surface area contributed by atoms with Crippen molar-refractivity contribution in [1.82, 2.24) is 0 Å². The molecule has 1 heteroatoms. The molecule has 0 aliphatic heterocycles. The van der Waals surface area contributed by atoms with E-state index >= 15 is 0 Å². The van der Waals surface area contributed by atoms with Crippen LogP contribution < -0.4 is 0 Å². The Morgan fingerprint density at radius 2 is 1.80 bits per heavy atom. The van der Waals surface area contributed by atoms with Gasteiger partial charge in [-0.3, -0.25) is 0 Å². The Morgan fingerprint density at radius 1 is 1.00 bits per heavy atom. The molecule has 5 aliphatic rings. The first-order valence-corrected chi connectivity index (χ1v) is 11.2. The minimum atomic E-state index is -0.457. The van der Waals surface area contributed by atoms with E-state index in [0.29, 0.717) is 10.8 Å². The molecule has 0 unspecified atom stereocenters. The lowest BCUT2D eigenvalue weighted by atomic mass is 9.46. The van der Waals surface area contributed by atoms with Gasteiger partial charge in [0.25, 0.3) is 0 Å². The lowest BCUT2D eigenvalue weighted by Crippen LogP contribution is -2.52. The second-order valence-corrected chi connectivity index (χ2v) is 11.6. The van der Waals surface area contributed by atoms with Crippen LogP contribution in [0.4, 0.5) is 0 Å². The molecule has 9 atom stereocenters. The summed E-state index contributed by atoms with van der Waals surface area (Å²) >= 11 is 0. The average molecular weight is 343 g/mol. The summed E-state index contributed by atoms with van der Waals surface area (Å²) in [6.07, 6.45) is 14.5. The fourth-order valence-corrected chi connectivity index (χ4v) is 9.09. The monoisotopic (exact) mass is 342 g/mol. The zero-order valence-electron chi connectivity index (χ0n) is 16.9. The first kappa shape index (κ1) is 16.8. The zero-order chi connectivity index (χ0) is 17.6. The number of hydrogen-bond donors (Lipinski definition) is 1. The fraction of sp³-hybridized carbons (Fsp3) is 0.917. The van der Waals surface area contributed by atoms with E-state index < -0.39 is 5.60 Å². The van der Waals surface area contributed by atoms with E-state index in [0.717, 1.165) is 48.3 Å². The zero-order valence-corrected chi connectivity index (χ0v) is 16.9. The van der Waals surface area contributed by atoms with E-state index in [4.69, 9.17) is 0 Å². The molecule has 0 aromatic carbocycles. The molecular formula is C24H38O. The van der Waals surface area contributed by atoms with Crippen molar-refractivity contribution in [2.45, 2.75) is 91.1 Å². The van der Waals surface area contributed by atoms with Crippen molar-refractivity contribution in [3.05, 3.63) is 11.6 Å². The molecule has 5 aliphatic carbocycles. The molecule has 0 radical (unpaired) electrons. The van der Waals surface area contributed by atoms with Crippen molar-refractivity contribution in [3.63, 3.8) is 0 Å². The van der Waals surface area contributed by atoms with Gasteiger partial charge in [0, 0.05) is 0 Å². The van der Waals surface area contributed by atoms with Crippen LogP contribution in [0.25, 0.3) is 0 Å². The maximum atomic E-state index is 10.6. The Bertz CT molecular complexity index is 603. The average Bonchev–Trinajstić information content (AvgIpc) is 3.06. The van der Waals surface area contributed by atoms with E-state index in [1.54, 1.807) is 5.57 Å². The highest BCUT2D eigenvalue weighted by Crippen LogP contribution is 2.70. The van der Waals surface area contributed by atoms with Gasteiger partial charge in [-0.2, -0.15) is 0 Å². The highest BCUT2D eigenvalue weighted by molar-refractivity contribution is 5.27. The van der Waals surface area contributed by atoms with Gasteiger partial charge in [0.05, 0.1) is 5.60 Å². The van der Waals surface area contributed by atoms with Crippen LogP contribution >= 0.6 is 0 Å². The standard InChI is InChI=1S/C24H38O/c1-15-5-6-16-13-20-18-8-7-17-14-22(2,25)11-12-23(17,3)19(18)9-10-24(20,4)21(15)16/h7,15-16,18-21,25H,5-6,8-14H2,1-4H3/t15-,16+,18-,19+,20+,21+,22+,23+,24+/m1/s1. The van der Waals surface area contributed by atoms with Crippen molar-refractivity contribution in [1.29, 1.82) is 0 Å². The van der Waals surface area contributed by atoms with Crippen molar-refractivity contribution in [3.8, 4) is 0 Å². The molecule has 25 heavy (non-hydrogen) atoms.